The second-order valence-corrected chi connectivity index (χ2v) is 4.74. The number of nitrogens with one attached hydrogen (secondary N) is 1. The van der Waals surface area contributed by atoms with Crippen molar-refractivity contribution in [1.82, 2.24) is 5.32 Å². The summed E-state index contributed by atoms with van der Waals surface area (Å²) < 4.78 is 0. The molecular weight excluding hydrogens is 134 g/mol. The topological polar surface area (TPSA) is 12.0 Å². The maximum Gasteiger partial charge on any atom is -0.00461 e. The van der Waals surface area contributed by atoms with Crippen LogP contribution in [0.15, 0.2) is 0 Å². The van der Waals surface area contributed by atoms with E-state index in [1.807, 2.05) is 0 Å². The molecule has 1 aliphatic rings. The van der Waals surface area contributed by atoms with Gasteiger partial charge in [-0.15, -0.1) is 0 Å². The molecule has 1 heterocycles. The van der Waals surface area contributed by atoms with E-state index in [0.29, 0.717) is 5.41 Å². The third kappa shape index (κ3) is 2.82. The van der Waals surface area contributed by atoms with Crippen LogP contribution in [0.4, 0.5) is 0 Å². The minimum absolute atomic E-state index is 0.520. The molecule has 0 radical (unpaired) electrons. The lowest BCUT2D eigenvalue weighted by molar-refractivity contribution is 0.219. The fourth-order valence-corrected chi connectivity index (χ4v) is 1.89. The van der Waals surface area contributed by atoms with Crippen LogP contribution in [0.3, 0.4) is 0 Å². The predicted molar refractivity (Wildman–Crippen MR) is 49.7 cm³/mol. The van der Waals surface area contributed by atoms with Gasteiger partial charge in [-0.05, 0) is 43.7 Å². The molecule has 1 aliphatic heterocycles. The van der Waals surface area contributed by atoms with Crippen molar-refractivity contribution in [3.8, 4) is 0 Å². The lowest BCUT2D eigenvalue weighted by atomic mass is 9.77. The van der Waals surface area contributed by atoms with Gasteiger partial charge >= 0.3 is 0 Å². The van der Waals surface area contributed by atoms with Gasteiger partial charge in [-0.3, -0.25) is 0 Å². The second kappa shape index (κ2) is 3.57. The van der Waals surface area contributed by atoms with Gasteiger partial charge in [-0.2, -0.15) is 0 Å². The van der Waals surface area contributed by atoms with Crippen molar-refractivity contribution in [2.75, 3.05) is 13.1 Å². The first-order chi connectivity index (χ1) is 5.11. The van der Waals surface area contributed by atoms with Crippen molar-refractivity contribution >= 4 is 0 Å². The van der Waals surface area contributed by atoms with Gasteiger partial charge < -0.3 is 5.32 Å². The summed E-state index contributed by atoms with van der Waals surface area (Å²) in [5.41, 5.74) is 0.520. The molecule has 1 N–H and O–H groups in total. The van der Waals surface area contributed by atoms with Gasteiger partial charge in [0.2, 0.25) is 0 Å². The Morgan fingerprint density at radius 3 is 2.45 bits per heavy atom. The Morgan fingerprint density at radius 1 is 1.09 bits per heavy atom. The molecular formula is C10H21N. The quantitative estimate of drug-likeness (QED) is 0.566. The van der Waals surface area contributed by atoms with Gasteiger partial charge in [0.1, 0.15) is 0 Å². The lowest BCUT2D eigenvalue weighted by Gasteiger charge is -2.29. The summed E-state index contributed by atoms with van der Waals surface area (Å²) in [5.74, 6) is 0.928. The van der Waals surface area contributed by atoms with Crippen LogP contribution < -0.4 is 5.32 Å². The molecule has 0 saturated carbocycles. The highest BCUT2D eigenvalue weighted by Crippen LogP contribution is 2.32. The standard InChI is InChI=1S/C10H21N/c1-10(2,3)9-5-4-7-11-8-6-9/h9,11H,4-8H2,1-3H3. The second-order valence-electron chi connectivity index (χ2n) is 4.74. The number of rotatable bonds is 0. The molecule has 66 valence electrons. The van der Waals surface area contributed by atoms with E-state index in [9.17, 15) is 0 Å². The summed E-state index contributed by atoms with van der Waals surface area (Å²) in [6.45, 7) is 9.55. The van der Waals surface area contributed by atoms with Crippen LogP contribution in [-0.4, -0.2) is 13.1 Å². The molecule has 0 bridgehead atoms. The van der Waals surface area contributed by atoms with Crippen LogP contribution in [0, 0.1) is 11.3 Å². The Hall–Kier alpha value is -0.0400. The SMILES string of the molecule is CC(C)(C)C1CCCNCC1. The molecule has 1 nitrogen and oxygen atoms in total. The van der Waals surface area contributed by atoms with Crippen LogP contribution >= 0.6 is 0 Å². The maximum absolute atomic E-state index is 3.45. The van der Waals surface area contributed by atoms with E-state index < -0.39 is 0 Å². The molecule has 1 heteroatoms. The van der Waals surface area contributed by atoms with E-state index in [2.05, 4.69) is 26.1 Å². The van der Waals surface area contributed by atoms with E-state index >= 15 is 0 Å². The van der Waals surface area contributed by atoms with Crippen molar-refractivity contribution in [2.24, 2.45) is 11.3 Å². The van der Waals surface area contributed by atoms with Crippen LogP contribution in [0.5, 0.6) is 0 Å². The largest absolute Gasteiger partial charge is 0.317 e. The lowest BCUT2D eigenvalue weighted by Crippen LogP contribution is -2.21. The van der Waals surface area contributed by atoms with Gasteiger partial charge in [0.25, 0.3) is 0 Å². The van der Waals surface area contributed by atoms with E-state index in [4.69, 9.17) is 0 Å². The molecule has 0 aromatic rings. The van der Waals surface area contributed by atoms with Crippen molar-refractivity contribution in [2.45, 2.75) is 40.0 Å². The van der Waals surface area contributed by atoms with Crippen molar-refractivity contribution in [1.29, 1.82) is 0 Å². The average molecular weight is 155 g/mol. The summed E-state index contributed by atoms with van der Waals surface area (Å²) in [6, 6.07) is 0. The van der Waals surface area contributed by atoms with Gasteiger partial charge in [0.15, 0.2) is 0 Å². The molecule has 0 aromatic heterocycles. The Bertz CT molecular complexity index is 105. The average Bonchev–Trinajstić information content (AvgIpc) is 2.10. The first-order valence-electron chi connectivity index (χ1n) is 4.81. The van der Waals surface area contributed by atoms with E-state index in [1.165, 1.54) is 32.4 Å². The molecule has 0 aliphatic carbocycles. The molecule has 0 spiro atoms. The molecule has 1 rings (SSSR count). The maximum atomic E-state index is 3.45. The summed E-state index contributed by atoms with van der Waals surface area (Å²) in [4.78, 5) is 0. The molecule has 0 amide bonds. The Labute approximate surface area is 70.6 Å². The number of hydrogen-bond donors (Lipinski definition) is 1. The van der Waals surface area contributed by atoms with E-state index in [1.54, 1.807) is 0 Å². The van der Waals surface area contributed by atoms with E-state index in [0.717, 1.165) is 5.92 Å². The smallest absolute Gasteiger partial charge is 0.00461 e. The van der Waals surface area contributed by atoms with Crippen LogP contribution in [0.1, 0.15) is 40.0 Å². The molecule has 1 atom stereocenters. The number of hydrogen-bond acceptors (Lipinski definition) is 1. The summed E-state index contributed by atoms with van der Waals surface area (Å²) in [5, 5.41) is 3.45. The van der Waals surface area contributed by atoms with E-state index in [-0.39, 0.29) is 0 Å². The van der Waals surface area contributed by atoms with Crippen molar-refractivity contribution in [3.05, 3.63) is 0 Å². The first-order valence-corrected chi connectivity index (χ1v) is 4.81. The fraction of sp³-hybridized carbons (Fsp3) is 1.00. The summed E-state index contributed by atoms with van der Waals surface area (Å²) in [6.07, 6.45) is 4.14. The zero-order chi connectivity index (χ0) is 8.32. The van der Waals surface area contributed by atoms with Crippen LogP contribution in [0.2, 0.25) is 0 Å². The third-order valence-electron chi connectivity index (χ3n) is 2.80. The minimum atomic E-state index is 0.520. The van der Waals surface area contributed by atoms with Gasteiger partial charge in [-0.1, -0.05) is 20.8 Å². The van der Waals surface area contributed by atoms with Crippen LogP contribution in [-0.2, 0) is 0 Å². The van der Waals surface area contributed by atoms with Gasteiger partial charge in [0, 0.05) is 0 Å². The molecule has 1 saturated heterocycles. The van der Waals surface area contributed by atoms with Crippen molar-refractivity contribution < 1.29 is 0 Å². The van der Waals surface area contributed by atoms with Crippen molar-refractivity contribution in [3.63, 3.8) is 0 Å². The van der Waals surface area contributed by atoms with Gasteiger partial charge in [0.05, 0.1) is 0 Å². The highest BCUT2D eigenvalue weighted by molar-refractivity contribution is 4.77. The zero-order valence-electron chi connectivity index (χ0n) is 8.11. The third-order valence-corrected chi connectivity index (χ3v) is 2.80. The fourth-order valence-electron chi connectivity index (χ4n) is 1.89. The molecule has 1 unspecified atom stereocenters. The highest BCUT2D eigenvalue weighted by atomic mass is 14.9. The predicted octanol–water partition coefficient (Wildman–Crippen LogP) is 2.42. The zero-order valence-corrected chi connectivity index (χ0v) is 8.11. The molecule has 0 aromatic carbocycles. The summed E-state index contributed by atoms with van der Waals surface area (Å²) in [7, 11) is 0. The Kier molecular flexibility index (Phi) is 2.94. The normalized spacial score (nSPS) is 28.1. The summed E-state index contributed by atoms with van der Waals surface area (Å²) >= 11 is 0. The molecule has 11 heavy (non-hydrogen) atoms. The Balaban J connectivity index is 2.43. The molecule has 1 fully saturated rings. The monoisotopic (exact) mass is 155 g/mol. The first kappa shape index (κ1) is 9.05. The van der Waals surface area contributed by atoms with Gasteiger partial charge in [-0.25, -0.2) is 0 Å². The minimum Gasteiger partial charge on any atom is -0.317 e. The van der Waals surface area contributed by atoms with Crippen LogP contribution in [0.25, 0.3) is 0 Å². The highest BCUT2D eigenvalue weighted by Gasteiger charge is 2.24. The Morgan fingerprint density at radius 2 is 1.82 bits per heavy atom.